The number of nitrogens with one attached hydrogen (secondary N) is 1. The van der Waals surface area contributed by atoms with Crippen LogP contribution in [0.1, 0.15) is 43.9 Å². The van der Waals surface area contributed by atoms with Crippen molar-refractivity contribution in [3.63, 3.8) is 0 Å². The van der Waals surface area contributed by atoms with Gasteiger partial charge in [-0.15, -0.1) is 0 Å². The van der Waals surface area contributed by atoms with E-state index < -0.39 is 0 Å². The molecule has 0 amide bonds. The van der Waals surface area contributed by atoms with Crippen LogP contribution in [0.3, 0.4) is 0 Å². The van der Waals surface area contributed by atoms with Crippen molar-refractivity contribution in [3.8, 4) is 11.3 Å². The van der Waals surface area contributed by atoms with Crippen molar-refractivity contribution in [1.82, 2.24) is 10.5 Å². The van der Waals surface area contributed by atoms with Gasteiger partial charge in [0.2, 0.25) is 0 Å². The maximum absolute atomic E-state index is 6.39. The third-order valence-corrected chi connectivity index (χ3v) is 5.12. The van der Waals surface area contributed by atoms with Crippen LogP contribution < -0.4 is 5.32 Å². The third-order valence-electron chi connectivity index (χ3n) is 4.49. The molecular weight excluding hydrogens is 331 g/mol. The summed E-state index contributed by atoms with van der Waals surface area (Å²) in [6.07, 6.45) is 3.33. The molecule has 1 aromatic carbocycles. The summed E-state index contributed by atoms with van der Waals surface area (Å²) in [5.41, 5.74) is 2.76. The fraction of sp³-hybridized carbons (Fsp3) is 0.500. The van der Waals surface area contributed by atoms with E-state index in [2.05, 4.69) is 24.3 Å². The molecule has 3 nitrogen and oxygen atoms in total. The van der Waals surface area contributed by atoms with Crippen molar-refractivity contribution in [1.29, 1.82) is 0 Å². The molecule has 0 radical (unpaired) electrons. The van der Waals surface area contributed by atoms with Gasteiger partial charge in [-0.25, -0.2) is 0 Å². The molecule has 23 heavy (non-hydrogen) atoms. The molecule has 2 heterocycles. The summed E-state index contributed by atoms with van der Waals surface area (Å²) >= 11 is 12.8. The number of halogens is 2. The van der Waals surface area contributed by atoms with Gasteiger partial charge in [0.15, 0.2) is 0 Å². The van der Waals surface area contributed by atoms with Gasteiger partial charge in [-0.1, -0.05) is 48.3 Å². The molecule has 1 aromatic heterocycles. The lowest BCUT2D eigenvalue weighted by atomic mass is 9.87. The first-order valence-electron chi connectivity index (χ1n) is 8.21. The predicted molar refractivity (Wildman–Crippen MR) is 95.3 cm³/mol. The van der Waals surface area contributed by atoms with Gasteiger partial charge in [0, 0.05) is 17.0 Å². The molecule has 5 heteroatoms. The molecule has 3 rings (SSSR count). The average Bonchev–Trinajstić information content (AvgIpc) is 2.92. The average molecular weight is 353 g/mol. The Balaban J connectivity index is 2.03. The molecule has 0 aliphatic carbocycles. The van der Waals surface area contributed by atoms with Crippen LogP contribution in [-0.4, -0.2) is 18.2 Å². The van der Waals surface area contributed by atoms with E-state index in [1.807, 2.05) is 18.2 Å². The summed E-state index contributed by atoms with van der Waals surface area (Å²) in [5, 5.41) is 8.99. The first kappa shape index (κ1) is 16.8. The number of benzene rings is 1. The van der Waals surface area contributed by atoms with Crippen LogP contribution in [0.25, 0.3) is 11.3 Å². The second-order valence-electron chi connectivity index (χ2n) is 6.52. The fourth-order valence-corrected chi connectivity index (χ4v) is 3.84. The highest BCUT2D eigenvalue weighted by molar-refractivity contribution is 6.39. The molecule has 124 valence electrons. The minimum Gasteiger partial charge on any atom is -0.360 e. The molecular formula is C18H22Cl2N2O. The molecule has 0 unspecified atom stereocenters. The Kier molecular flexibility index (Phi) is 5.30. The van der Waals surface area contributed by atoms with Crippen LogP contribution in [0, 0.1) is 5.92 Å². The molecule has 1 N–H and O–H groups in total. The van der Waals surface area contributed by atoms with E-state index in [0.29, 0.717) is 16.0 Å². The van der Waals surface area contributed by atoms with Crippen LogP contribution >= 0.6 is 23.2 Å². The Bertz CT molecular complexity index is 655. The van der Waals surface area contributed by atoms with Gasteiger partial charge in [0.1, 0.15) is 11.5 Å². The highest BCUT2D eigenvalue weighted by Gasteiger charge is 2.26. The van der Waals surface area contributed by atoms with Gasteiger partial charge in [-0.05, 0) is 50.4 Å². The van der Waals surface area contributed by atoms with Crippen LogP contribution in [-0.2, 0) is 6.42 Å². The summed E-state index contributed by atoms with van der Waals surface area (Å²) in [6, 6.07) is 5.55. The van der Waals surface area contributed by atoms with Crippen molar-refractivity contribution in [2.45, 2.75) is 39.0 Å². The van der Waals surface area contributed by atoms with Gasteiger partial charge in [0.05, 0.1) is 10.0 Å². The van der Waals surface area contributed by atoms with E-state index in [1.54, 1.807) is 0 Å². The van der Waals surface area contributed by atoms with Gasteiger partial charge in [0.25, 0.3) is 0 Å². The Morgan fingerprint density at radius 3 is 2.48 bits per heavy atom. The van der Waals surface area contributed by atoms with Crippen molar-refractivity contribution in [2.75, 3.05) is 13.1 Å². The Morgan fingerprint density at radius 2 is 1.87 bits per heavy atom. The van der Waals surface area contributed by atoms with Gasteiger partial charge in [-0.3, -0.25) is 0 Å². The van der Waals surface area contributed by atoms with Crippen molar-refractivity contribution >= 4 is 23.2 Å². The minimum absolute atomic E-state index is 0.286. The summed E-state index contributed by atoms with van der Waals surface area (Å²) in [7, 11) is 0. The summed E-state index contributed by atoms with van der Waals surface area (Å²) in [4.78, 5) is 0. The highest BCUT2D eigenvalue weighted by atomic mass is 35.5. The first-order chi connectivity index (χ1) is 11.1. The van der Waals surface area contributed by atoms with Gasteiger partial charge in [-0.2, -0.15) is 0 Å². The number of rotatable bonds is 4. The fourth-order valence-electron chi connectivity index (χ4n) is 3.27. The maximum atomic E-state index is 6.39. The molecule has 1 aliphatic heterocycles. The highest BCUT2D eigenvalue weighted by Crippen LogP contribution is 2.39. The monoisotopic (exact) mass is 352 g/mol. The molecule has 0 atom stereocenters. The summed E-state index contributed by atoms with van der Waals surface area (Å²) in [6.45, 7) is 6.42. The van der Waals surface area contributed by atoms with E-state index in [9.17, 15) is 0 Å². The quantitative estimate of drug-likeness (QED) is 0.809. The van der Waals surface area contributed by atoms with Crippen LogP contribution in [0.15, 0.2) is 22.7 Å². The molecule has 1 saturated heterocycles. The molecule has 0 spiro atoms. The number of hydrogen-bond donors (Lipinski definition) is 1. The molecule has 0 saturated carbocycles. The Morgan fingerprint density at radius 1 is 1.22 bits per heavy atom. The lowest BCUT2D eigenvalue weighted by Gasteiger charge is -2.23. The zero-order valence-corrected chi connectivity index (χ0v) is 15.0. The lowest BCUT2D eigenvalue weighted by molar-refractivity contribution is 0.355. The number of aromatic nitrogens is 1. The molecule has 1 fully saturated rings. The Labute approximate surface area is 147 Å². The van der Waals surface area contributed by atoms with E-state index in [1.165, 1.54) is 18.4 Å². The van der Waals surface area contributed by atoms with Gasteiger partial charge < -0.3 is 9.84 Å². The molecule has 0 bridgehead atoms. The standard InChI is InChI=1S/C18H22Cl2N2O/c1-11(2)18-13(10-12-6-8-21-9-7-12)17(22-23-18)16-14(19)4-3-5-15(16)20/h3-5,11-12,21H,6-10H2,1-2H3. The second kappa shape index (κ2) is 7.25. The first-order valence-corrected chi connectivity index (χ1v) is 8.97. The topological polar surface area (TPSA) is 38.1 Å². The van der Waals surface area contributed by atoms with Crippen molar-refractivity contribution in [3.05, 3.63) is 39.6 Å². The summed E-state index contributed by atoms with van der Waals surface area (Å²) < 4.78 is 5.68. The number of hydrogen-bond acceptors (Lipinski definition) is 3. The molecule has 2 aromatic rings. The van der Waals surface area contributed by atoms with Crippen LogP contribution in [0.5, 0.6) is 0 Å². The van der Waals surface area contributed by atoms with Gasteiger partial charge >= 0.3 is 0 Å². The smallest absolute Gasteiger partial charge is 0.143 e. The maximum Gasteiger partial charge on any atom is 0.143 e. The molecule has 1 aliphatic rings. The summed E-state index contributed by atoms with van der Waals surface area (Å²) in [5.74, 6) is 1.89. The largest absolute Gasteiger partial charge is 0.360 e. The lowest BCUT2D eigenvalue weighted by Crippen LogP contribution is -2.28. The van der Waals surface area contributed by atoms with E-state index in [0.717, 1.165) is 36.5 Å². The van der Waals surface area contributed by atoms with Crippen molar-refractivity contribution in [2.24, 2.45) is 5.92 Å². The zero-order chi connectivity index (χ0) is 16.4. The van der Waals surface area contributed by atoms with E-state index in [-0.39, 0.29) is 5.92 Å². The third kappa shape index (κ3) is 3.57. The van der Waals surface area contributed by atoms with E-state index >= 15 is 0 Å². The minimum atomic E-state index is 0.286. The normalized spacial score (nSPS) is 16.2. The zero-order valence-electron chi connectivity index (χ0n) is 13.5. The predicted octanol–water partition coefficient (Wildman–Crippen LogP) is 5.31. The van der Waals surface area contributed by atoms with Crippen molar-refractivity contribution < 1.29 is 4.52 Å². The van der Waals surface area contributed by atoms with Crippen LogP contribution in [0.2, 0.25) is 10.0 Å². The number of nitrogens with zero attached hydrogens (tertiary/aromatic N) is 1. The Hall–Kier alpha value is -1.03. The number of piperidine rings is 1. The SMILES string of the molecule is CC(C)c1onc(-c2c(Cl)cccc2Cl)c1CC1CCNCC1. The second-order valence-corrected chi connectivity index (χ2v) is 7.34. The van der Waals surface area contributed by atoms with E-state index in [4.69, 9.17) is 27.7 Å². The van der Waals surface area contributed by atoms with Crippen LogP contribution in [0.4, 0.5) is 0 Å².